The third-order valence-electron chi connectivity index (χ3n) is 2.99. The van der Waals surface area contributed by atoms with Crippen LogP contribution in [0.2, 0.25) is 0 Å². The molecule has 0 aliphatic heterocycles. The Morgan fingerprint density at radius 2 is 1.48 bits per heavy atom. The van der Waals surface area contributed by atoms with Gasteiger partial charge in [0, 0.05) is 31.4 Å². The molecule has 0 saturated heterocycles. The monoisotopic (exact) mass is 292 g/mol. The van der Waals surface area contributed by atoms with Crippen LogP contribution in [0.15, 0.2) is 18.5 Å². The van der Waals surface area contributed by atoms with Crippen LogP contribution in [-0.4, -0.2) is 50.6 Å². The molecule has 0 N–H and O–H groups in total. The molecule has 6 heteroatoms. The Balaban J connectivity index is 2.29. The highest BCUT2D eigenvalue weighted by molar-refractivity contribution is 5.84. The zero-order valence-corrected chi connectivity index (χ0v) is 12.6. The van der Waals surface area contributed by atoms with E-state index < -0.39 is 0 Å². The summed E-state index contributed by atoms with van der Waals surface area (Å²) in [7, 11) is 3.27. The number of hydrogen-bond acceptors (Lipinski definition) is 6. The largest absolute Gasteiger partial charge is 0.487 e. The second kappa shape index (κ2) is 7.75. The first-order chi connectivity index (χ1) is 10.3. The van der Waals surface area contributed by atoms with Crippen LogP contribution in [0.3, 0.4) is 0 Å². The first-order valence-electron chi connectivity index (χ1n) is 6.75. The van der Waals surface area contributed by atoms with Crippen molar-refractivity contribution in [3.8, 4) is 11.5 Å². The molecule has 1 aromatic heterocycles. The lowest BCUT2D eigenvalue weighted by molar-refractivity contribution is 0.132. The molecule has 0 unspecified atom stereocenters. The number of benzene rings is 1. The average Bonchev–Trinajstić information content (AvgIpc) is 2.49. The van der Waals surface area contributed by atoms with Crippen LogP contribution in [0.4, 0.5) is 0 Å². The summed E-state index contributed by atoms with van der Waals surface area (Å²) in [6.45, 7) is 3.87. The van der Waals surface area contributed by atoms with Crippen LogP contribution in [0.5, 0.6) is 11.5 Å². The highest BCUT2D eigenvalue weighted by atomic mass is 16.5. The van der Waals surface area contributed by atoms with Crippen molar-refractivity contribution in [1.82, 2.24) is 9.97 Å². The Morgan fingerprint density at radius 1 is 0.857 bits per heavy atom. The molecule has 0 amide bonds. The fourth-order valence-corrected chi connectivity index (χ4v) is 1.89. The topological polar surface area (TPSA) is 62.7 Å². The van der Waals surface area contributed by atoms with Gasteiger partial charge in [-0.05, 0) is 13.0 Å². The second-order valence-electron chi connectivity index (χ2n) is 4.46. The van der Waals surface area contributed by atoms with E-state index in [2.05, 4.69) is 9.97 Å². The highest BCUT2D eigenvalue weighted by Crippen LogP contribution is 2.32. The Morgan fingerprint density at radius 3 is 2.10 bits per heavy atom. The number of aryl methyl sites for hydroxylation is 1. The maximum atomic E-state index is 5.72. The number of methoxy groups -OCH3 is 2. The predicted molar refractivity (Wildman–Crippen MR) is 79.0 cm³/mol. The van der Waals surface area contributed by atoms with Crippen LogP contribution >= 0.6 is 0 Å². The van der Waals surface area contributed by atoms with Gasteiger partial charge in [0.25, 0.3) is 0 Å². The highest BCUT2D eigenvalue weighted by Gasteiger charge is 2.10. The Hall–Kier alpha value is -1.92. The van der Waals surface area contributed by atoms with E-state index in [1.165, 1.54) is 0 Å². The Labute approximate surface area is 124 Å². The van der Waals surface area contributed by atoms with Crippen molar-refractivity contribution in [2.75, 3.05) is 40.6 Å². The van der Waals surface area contributed by atoms with Crippen LogP contribution < -0.4 is 9.47 Å². The van der Waals surface area contributed by atoms with Crippen LogP contribution in [-0.2, 0) is 9.47 Å². The summed E-state index contributed by atoms with van der Waals surface area (Å²) in [4.78, 5) is 8.46. The molecule has 1 heterocycles. The van der Waals surface area contributed by atoms with E-state index in [0.29, 0.717) is 37.9 Å². The van der Waals surface area contributed by atoms with Gasteiger partial charge in [-0.25, -0.2) is 9.97 Å². The molecule has 0 spiro atoms. The molecule has 0 bridgehead atoms. The van der Waals surface area contributed by atoms with E-state index in [1.54, 1.807) is 20.5 Å². The summed E-state index contributed by atoms with van der Waals surface area (Å²) in [5.74, 6) is 1.31. The van der Waals surface area contributed by atoms with Crippen LogP contribution in [0.25, 0.3) is 10.9 Å². The Bertz CT molecular complexity index is 589. The first kappa shape index (κ1) is 15.5. The maximum absolute atomic E-state index is 5.72. The van der Waals surface area contributed by atoms with E-state index in [0.717, 1.165) is 16.6 Å². The maximum Gasteiger partial charge on any atom is 0.163 e. The van der Waals surface area contributed by atoms with E-state index >= 15 is 0 Å². The number of aromatic nitrogens is 2. The summed E-state index contributed by atoms with van der Waals surface area (Å²) < 4.78 is 21.4. The number of nitrogens with zero attached hydrogens (tertiary/aromatic N) is 2. The van der Waals surface area contributed by atoms with E-state index in [-0.39, 0.29) is 0 Å². The Kier molecular flexibility index (Phi) is 5.71. The minimum Gasteiger partial charge on any atom is -0.487 e. The molecule has 114 valence electrons. The molecule has 21 heavy (non-hydrogen) atoms. The lowest BCUT2D eigenvalue weighted by atomic mass is 10.2. The van der Waals surface area contributed by atoms with Gasteiger partial charge in [-0.2, -0.15) is 0 Å². The van der Waals surface area contributed by atoms with Crippen molar-refractivity contribution in [3.05, 3.63) is 24.2 Å². The molecule has 0 saturated carbocycles. The van der Waals surface area contributed by atoms with Gasteiger partial charge in [0.2, 0.25) is 0 Å². The fraction of sp³-hybridized carbons (Fsp3) is 0.467. The summed E-state index contributed by atoms with van der Waals surface area (Å²) >= 11 is 0. The summed E-state index contributed by atoms with van der Waals surface area (Å²) in [6, 6.07) is 3.77. The minimum absolute atomic E-state index is 0.451. The molecule has 1 aromatic carbocycles. The molecular formula is C15H20N2O4. The van der Waals surface area contributed by atoms with E-state index in [1.807, 2.05) is 19.1 Å². The molecular weight excluding hydrogens is 272 g/mol. The average molecular weight is 292 g/mol. The molecule has 2 aromatic rings. The zero-order chi connectivity index (χ0) is 15.1. The summed E-state index contributed by atoms with van der Waals surface area (Å²) in [5.41, 5.74) is 1.73. The number of fused-ring (bicyclic) bond motifs is 1. The lowest BCUT2D eigenvalue weighted by Gasteiger charge is -2.14. The number of rotatable bonds is 8. The molecule has 0 radical (unpaired) electrons. The van der Waals surface area contributed by atoms with Crippen molar-refractivity contribution >= 4 is 10.9 Å². The van der Waals surface area contributed by atoms with Gasteiger partial charge in [0.1, 0.15) is 19.5 Å². The minimum atomic E-state index is 0.451. The van der Waals surface area contributed by atoms with Gasteiger partial charge >= 0.3 is 0 Å². The summed E-state index contributed by atoms with van der Waals surface area (Å²) in [6.07, 6.45) is 1.54. The third-order valence-corrected chi connectivity index (χ3v) is 2.99. The van der Waals surface area contributed by atoms with Gasteiger partial charge in [0.15, 0.2) is 11.5 Å². The van der Waals surface area contributed by atoms with Crippen molar-refractivity contribution in [3.63, 3.8) is 0 Å². The van der Waals surface area contributed by atoms with Gasteiger partial charge < -0.3 is 18.9 Å². The van der Waals surface area contributed by atoms with Crippen LogP contribution in [0.1, 0.15) is 5.69 Å². The smallest absolute Gasteiger partial charge is 0.163 e. The number of ether oxygens (including phenoxy) is 4. The second-order valence-corrected chi connectivity index (χ2v) is 4.46. The normalized spacial score (nSPS) is 10.8. The number of hydrogen-bond donors (Lipinski definition) is 0. The quantitative estimate of drug-likeness (QED) is 0.693. The van der Waals surface area contributed by atoms with Gasteiger partial charge in [-0.1, -0.05) is 0 Å². The molecule has 2 rings (SSSR count). The molecule has 0 fully saturated rings. The van der Waals surface area contributed by atoms with Gasteiger partial charge in [-0.3, -0.25) is 0 Å². The van der Waals surface area contributed by atoms with Gasteiger partial charge in [-0.15, -0.1) is 0 Å². The van der Waals surface area contributed by atoms with Crippen LogP contribution in [0, 0.1) is 6.92 Å². The molecule has 0 atom stereocenters. The van der Waals surface area contributed by atoms with E-state index in [4.69, 9.17) is 18.9 Å². The first-order valence-corrected chi connectivity index (χ1v) is 6.75. The van der Waals surface area contributed by atoms with Crippen molar-refractivity contribution in [1.29, 1.82) is 0 Å². The van der Waals surface area contributed by atoms with Gasteiger partial charge in [0.05, 0.1) is 18.7 Å². The van der Waals surface area contributed by atoms with Crippen molar-refractivity contribution in [2.24, 2.45) is 0 Å². The van der Waals surface area contributed by atoms with Crippen molar-refractivity contribution < 1.29 is 18.9 Å². The molecule has 0 aliphatic carbocycles. The third kappa shape index (κ3) is 4.03. The SMILES string of the molecule is COCCOc1cc2ncnc(C)c2cc1OCCOC. The van der Waals surface area contributed by atoms with E-state index in [9.17, 15) is 0 Å². The molecule has 0 aliphatic rings. The van der Waals surface area contributed by atoms with Crippen molar-refractivity contribution in [2.45, 2.75) is 6.92 Å². The molecule has 6 nitrogen and oxygen atoms in total. The fourth-order valence-electron chi connectivity index (χ4n) is 1.89. The lowest BCUT2D eigenvalue weighted by Crippen LogP contribution is -2.08. The standard InChI is InChI=1S/C15H20N2O4/c1-11-12-8-14(20-6-4-18-2)15(21-7-5-19-3)9-13(12)17-10-16-11/h8-10H,4-7H2,1-3H3. The predicted octanol–water partition coefficient (Wildman–Crippen LogP) is 1.99. The zero-order valence-electron chi connectivity index (χ0n) is 12.6. The summed E-state index contributed by atoms with van der Waals surface area (Å²) in [5, 5.41) is 0.948.